The Balaban J connectivity index is 4.59. The molecule has 0 aliphatic rings. The van der Waals surface area contributed by atoms with Gasteiger partial charge in [0.15, 0.2) is 5.78 Å². The molecule has 11 heavy (non-hydrogen) atoms. The lowest BCUT2D eigenvalue weighted by Crippen LogP contribution is -1.93. The quantitative estimate of drug-likeness (QED) is 0.382. The van der Waals surface area contributed by atoms with Crippen LogP contribution in [0.1, 0.15) is 13.8 Å². The molecule has 0 spiro atoms. The van der Waals surface area contributed by atoms with Crippen LogP contribution >= 0.6 is 0 Å². The average Bonchev–Trinajstić information content (AvgIpc) is 1.86. The molecule has 0 rings (SSSR count). The Bertz CT molecular complexity index is 222. The lowest BCUT2D eigenvalue weighted by Gasteiger charge is -1.93. The molecule has 0 heterocycles. The maximum absolute atomic E-state index is 10.8. The number of ketones is 1. The molecule has 0 fully saturated rings. The van der Waals surface area contributed by atoms with E-state index in [0.29, 0.717) is 5.57 Å². The molecule has 0 aliphatic heterocycles. The second kappa shape index (κ2) is 4.50. The number of rotatable bonds is 3. The van der Waals surface area contributed by atoms with E-state index in [-0.39, 0.29) is 11.5 Å². The van der Waals surface area contributed by atoms with Crippen molar-refractivity contribution in [2.45, 2.75) is 13.8 Å². The van der Waals surface area contributed by atoms with Crippen LogP contribution in [0.3, 0.4) is 0 Å². The smallest absolute Gasteiger partial charge is 0.159 e. The molecule has 0 aromatic rings. The molecule has 0 bridgehead atoms. The van der Waals surface area contributed by atoms with Crippen molar-refractivity contribution < 1.29 is 9.90 Å². The highest BCUT2D eigenvalue weighted by molar-refractivity contribution is 5.96. The summed E-state index contributed by atoms with van der Waals surface area (Å²) >= 11 is 0. The number of allylic oxidation sites excluding steroid dienone is 4. The fourth-order valence-corrected chi connectivity index (χ4v) is 0.626. The van der Waals surface area contributed by atoms with E-state index in [9.17, 15) is 4.79 Å². The molecular formula is C9H12O2. The van der Waals surface area contributed by atoms with Gasteiger partial charge in [0, 0.05) is 5.57 Å². The molecule has 0 saturated carbocycles. The zero-order chi connectivity index (χ0) is 8.85. The summed E-state index contributed by atoms with van der Waals surface area (Å²) in [7, 11) is 0. The van der Waals surface area contributed by atoms with Crippen LogP contribution in [0.15, 0.2) is 36.1 Å². The monoisotopic (exact) mass is 152 g/mol. The summed E-state index contributed by atoms with van der Waals surface area (Å²) in [5, 5.41) is 8.74. The summed E-state index contributed by atoms with van der Waals surface area (Å²) in [6.07, 6.45) is 4.70. The fraction of sp³-hybridized carbons (Fsp3) is 0.222. The molecule has 0 saturated heterocycles. The van der Waals surface area contributed by atoms with E-state index in [0.717, 1.165) is 0 Å². The fourth-order valence-electron chi connectivity index (χ4n) is 0.626. The van der Waals surface area contributed by atoms with Crippen molar-refractivity contribution >= 4 is 5.78 Å². The number of Topliss-reactive ketones (excluding diaryl/α,β-unsaturated/α-hetero) is 1. The summed E-state index contributed by atoms with van der Waals surface area (Å²) < 4.78 is 0. The van der Waals surface area contributed by atoms with Gasteiger partial charge < -0.3 is 5.11 Å². The number of hydrogen-bond acceptors (Lipinski definition) is 2. The van der Waals surface area contributed by atoms with Crippen molar-refractivity contribution in [3.8, 4) is 0 Å². The standard InChI is InChI=1S/C9H12O2/c1-4-5-9(8(3)11)6-7(2)10/h4-6,10H,2H2,1,3H3/b5-4-,9-6+. The average molecular weight is 152 g/mol. The largest absolute Gasteiger partial charge is 0.509 e. The van der Waals surface area contributed by atoms with Gasteiger partial charge in [0.2, 0.25) is 0 Å². The van der Waals surface area contributed by atoms with Gasteiger partial charge in [-0.2, -0.15) is 0 Å². The van der Waals surface area contributed by atoms with E-state index >= 15 is 0 Å². The van der Waals surface area contributed by atoms with Gasteiger partial charge in [-0.25, -0.2) is 0 Å². The van der Waals surface area contributed by atoms with E-state index in [4.69, 9.17) is 5.11 Å². The Morgan fingerprint density at radius 3 is 2.36 bits per heavy atom. The molecule has 0 aromatic carbocycles. The minimum atomic E-state index is -0.103. The first-order valence-electron chi connectivity index (χ1n) is 3.31. The highest BCUT2D eigenvalue weighted by atomic mass is 16.3. The molecule has 60 valence electrons. The highest BCUT2D eigenvalue weighted by Crippen LogP contribution is 2.01. The van der Waals surface area contributed by atoms with Gasteiger partial charge in [-0.1, -0.05) is 18.7 Å². The summed E-state index contributed by atoms with van der Waals surface area (Å²) in [5.74, 6) is -0.188. The van der Waals surface area contributed by atoms with Crippen LogP contribution in [-0.4, -0.2) is 10.9 Å². The summed E-state index contributed by atoms with van der Waals surface area (Å²) in [4.78, 5) is 10.8. The highest BCUT2D eigenvalue weighted by Gasteiger charge is 1.97. The Kier molecular flexibility index (Phi) is 3.96. The molecule has 2 nitrogen and oxygen atoms in total. The van der Waals surface area contributed by atoms with Crippen molar-refractivity contribution in [3.63, 3.8) is 0 Å². The van der Waals surface area contributed by atoms with Gasteiger partial charge in [-0.3, -0.25) is 4.79 Å². The summed E-state index contributed by atoms with van der Waals surface area (Å²) in [6.45, 7) is 6.49. The maximum atomic E-state index is 10.8. The van der Waals surface area contributed by atoms with Crippen LogP contribution < -0.4 is 0 Å². The van der Waals surface area contributed by atoms with Crippen molar-refractivity contribution in [2.75, 3.05) is 0 Å². The predicted molar refractivity (Wildman–Crippen MR) is 45.3 cm³/mol. The zero-order valence-corrected chi connectivity index (χ0v) is 6.79. The Labute approximate surface area is 66.5 Å². The molecule has 0 radical (unpaired) electrons. The predicted octanol–water partition coefficient (Wildman–Crippen LogP) is 2.15. The van der Waals surface area contributed by atoms with Crippen molar-refractivity contribution in [2.24, 2.45) is 0 Å². The number of aliphatic hydroxyl groups excluding tert-OH is 1. The maximum Gasteiger partial charge on any atom is 0.159 e. The van der Waals surface area contributed by atoms with E-state index in [1.54, 1.807) is 19.1 Å². The summed E-state index contributed by atoms with van der Waals surface area (Å²) in [5.41, 5.74) is 0.458. The molecular weight excluding hydrogens is 140 g/mol. The summed E-state index contributed by atoms with van der Waals surface area (Å²) in [6, 6.07) is 0. The van der Waals surface area contributed by atoms with Gasteiger partial charge in [0.05, 0.1) is 0 Å². The van der Waals surface area contributed by atoms with Crippen LogP contribution in [0.2, 0.25) is 0 Å². The van der Waals surface area contributed by atoms with E-state index in [2.05, 4.69) is 6.58 Å². The SMILES string of the molecule is C=C(O)/C=C(\C=C/C)C(C)=O. The van der Waals surface area contributed by atoms with Gasteiger partial charge in [0.1, 0.15) is 5.76 Å². The van der Waals surface area contributed by atoms with Gasteiger partial charge >= 0.3 is 0 Å². The molecule has 0 aliphatic carbocycles. The third-order valence-corrected chi connectivity index (χ3v) is 1.07. The first-order valence-corrected chi connectivity index (χ1v) is 3.31. The molecule has 0 amide bonds. The molecule has 0 aromatic heterocycles. The lowest BCUT2D eigenvalue weighted by molar-refractivity contribution is -0.113. The Hall–Kier alpha value is -1.31. The third kappa shape index (κ3) is 4.14. The third-order valence-electron chi connectivity index (χ3n) is 1.07. The minimum absolute atomic E-state index is 0.0849. The minimum Gasteiger partial charge on any atom is -0.509 e. The zero-order valence-electron chi connectivity index (χ0n) is 6.79. The van der Waals surface area contributed by atoms with Crippen LogP contribution in [0.25, 0.3) is 0 Å². The Morgan fingerprint density at radius 2 is 2.09 bits per heavy atom. The van der Waals surface area contributed by atoms with Gasteiger partial charge in [-0.05, 0) is 19.9 Å². The molecule has 0 unspecified atom stereocenters. The van der Waals surface area contributed by atoms with Gasteiger partial charge in [0.25, 0.3) is 0 Å². The van der Waals surface area contributed by atoms with Crippen LogP contribution in [-0.2, 0) is 4.79 Å². The second-order valence-corrected chi connectivity index (χ2v) is 2.15. The number of hydrogen-bond donors (Lipinski definition) is 1. The number of carbonyl (C=O) groups excluding carboxylic acids is 1. The van der Waals surface area contributed by atoms with Crippen LogP contribution in [0.4, 0.5) is 0 Å². The molecule has 2 heteroatoms. The van der Waals surface area contributed by atoms with Crippen molar-refractivity contribution in [3.05, 3.63) is 36.1 Å². The molecule has 1 N–H and O–H groups in total. The van der Waals surface area contributed by atoms with Gasteiger partial charge in [-0.15, -0.1) is 0 Å². The van der Waals surface area contributed by atoms with E-state index in [1.807, 2.05) is 0 Å². The number of carbonyl (C=O) groups is 1. The van der Waals surface area contributed by atoms with Crippen molar-refractivity contribution in [1.29, 1.82) is 0 Å². The first kappa shape index (κ1) is 9.69. The molecule has 0 atom stereocenters. The normalized spacial score (nSPS) is 12.0. The van der Waals surface area contributed by atoms with Crippen LogP contribution in [0.5, 0.6) is 0 Å². The van der Waals surface area contributed by atoms with E-state index in [1.165, 1.54) is 13.0 Å². The topological polar surface area (TPSA) is 37.3 Å². The Morgan fingerprint density at radius 1 is 1.55 bits per heavy atom. The first-order chi connectivity index (χ1) is 5.07. The lowest BCUT2D eigenvalue weighted by atomic mass is 10.1. The number of aliphatic hydroxyl groups is 1. The van der Waals surface area contributed by atoms with E-state index < -0.39 is 0 Å². The second-order valence-electron chi connectivity index (χ2n) is 2.15. The van der Waals surface area contributed by atoms with Crippen molar-refractivity contribution in [1.82, 2.24) is 0 Å². The van der Waals surface area contributed by atoms with Crippen LogP contribution in [0, 0.1) is 0 Å².